The second-order valence-electron chi connectivity index (χ2n) is 4.93. The molecule has 20 heavy (non-hydrogen) atoms. The fraction of sp³-hybridized carbons (Fsp3) is 0.692. The van der Waals surface area contributed by atoms with Crippen LogP contribution in [0.15, 0.2) is 6.20 Å². The van der Waals surface area contributed by atoms with E-state index < -0.39 is 5.82 Å². The predicted molar refractivity (Wildman–Crippen MR) is 73.3 cm³/mol. The second kappa shape index (κ2) is 7.35. The van der Waals surface area contributed by atoms with Crippen LogP contribution in [0, 0.1) is 5.82 Å². The maximum atomic E-state index is 13.1. The molecule has 2 heterocycles. The summed E-state index contributed by atoms with van der Waals surface area (Å²) < 4.78 is 17.9. The number of piperidine rings is 1. The van der Waals surface area contributed by atoms with Crippen molar-refractivity contribution in [3.05, 3.63) is 12.0 Å². The molecule has 1 aromatic heterocycles. The summed E-state index contributed by atoms with van der Waals surface area (Å²) in [5.74, 6) is -0.260. The summed E-state index contributed by atoms with van der Waals surface area (Å²) in [6.45, 7) is 3.41. The van der Waals surface area contributed by atoms with E-state index in [-0.39, 0.29) is 12.0 Å². The lowest BCUT2D eigenvalue weighted by atomic mass is 10.1. The Bertz CT molecular complexity index is 433. The molecule has 1 aliphatic rings. The molecule has 2 N–H and O–H groups in total. The summed E-state index contributed by atoms with van der Waals surface area (Å²) in [4.78, 5) is 10.0. The Balaban J connectivity index is 1.70. The molecule has 2 rings (SSSR count). The van der Waals surface area contributed by atoms with Gasteiger partial charge >= 0.3 is 0 Å². The van der Waals surface area contributed by atoms with E-state index in [1.54, 1.807) is 0 Å². The third kappa shape index (κ3) is 4.28. The normalized spacial score (nSPS) is 19.9. The number of nitrogens with zero attached hydrogens (tertiary/aromatic N) is 3. The van der Waals surface area contributed by atoms with Crippen LogP contribution in [0.25, 0.3) is 0 Å². The average Bonchev–Trinajstić information content (AvgIpc) is 2.45. The molecule has 0 spiro atoms. The molecule has 112 valence electrons. The Morgan fingerprint density at radius 2 is 2.45 bits per heavy atom. The molecule has 0 aliphatic carbocycles. The fourth-order valence-electron chi connectivity index (χ4n) is 2.32. The zero-order valence-electron chi connectivity index (χ0n) is 11.7. The Labute approximate surface area is 118 Å². The number of anilines is 1. The van der Waals surface area contributed by atoms with Gasteiger partial charge in [0.05, 0.1) is 19.4 Å². The number of ether oxygens (including phenoxy) is 1. The molecule has 0 aromatic carbocycles. The number of aliphatic hydroxyl groups excluding tert-OH is 1. The summed E-state index contributed by atoms with van der Waals surface area (Å²) >= 11 is 0. The standard InChI is InChI=1S/C13H21FN4O2/c1-20-12-11(14)8-16-13(17-12)15-5-3-7-18-6-2-4-10(19)9-18/h8,10,19H,2-7,9H2,1H3,(H,15,16,17)/t10-/m1/s1. The lowest BCUT2D eigenvalue weighted by Crippen LogP contribution is -2.39. The molecule has 0 saturated carbocycles. The number of β-amino-alcohol motifs (C(OH)–C–C–N with tert-alkyl or cyclic N) is 1. The van der Waals surface area contributed by atoms with Crippen molar-refractivity contribution < 1.29 is 14.2 Å². The highest BCUT2D eigenvalue weighted by Gasteiger charge is 2.16. The van der Waals surface area contributed by atoms with Gasteiger partial charge in [-0.3, -0.25) is 0 Å². The molecule has 6 nitrogen and oxygen atoms in total. The van der Waals surface area contributed by atoms with E-state index in [0.717, 1.165) is 45.1 Å². The van der Waals surface area contributed by atoms with Gasteiger partial charge in [-0.15, -0.1) is 0 Å². The quantitative estimate of drug-likeness (QED) is 0.756. The molecule has 0 radical (unpaired) electrons. The van der Waals surface area contributed by atoms with Crippen molar-refractivity contribution in [3.63, 3.8) is 0 Å². The number of halogens is 1. The third-order valence-electron chi connectivity index (χ3n) is 3.32. The molecule has 1 atom stereocenters. The largest absolute Gasteiger partial charge is 0.479 e. The Morgan fingerprint density at radius 1 is 1.60 bits per heavy atom. The van der Waals surface area contributed by atoms with Crippen molar-refractivity contribution in [3.8, 4) is 5.88 Å². The Kier molecular flexibility index (Phi) is 5.49. The van der Waals surface area contributed by atoms with Gasteiger partial charge in [0.25, 0.3) is 5.88 Å². The van der Waals surface area contributed by atoms with Crippen molar-refractivity contribution in [2.24, 2.45) is 0 Å². The van der Waals surface area contributed by atoms with Crippen LogP contribution in [0.5, 0.6) is 5.88 Å². The topological polar surface area (TPSA) is 70.5 Å². The predicted octanol–water partition coefficient (Wildman–Crippen LogP) is 0.883. The van der Waals surface area contributed by atoms with E-state index in [4.69, 9.17) is 4.74 Å². The van der Waals surface area contributed by atoms with Crippen LogP contribution in [-0.2, 0) is 0 Å². The maximum Gasteiger partial charge on any atom is 0.255 e. The Hall–Kier alpha value is -1.47. The SMILES string of the molecule is COc1nc(NCCCN2CCC[C@@H](O)C2)ncc1F. The number of aromatic nitrogens is 2. The minimum Gasteiger partial charge on any atom is -0.479 e. The smallest absolute Gasteiger partial charge is 0.255 e. The highest BCUT2D eigenvalue weighted by atomic mass is 19.1. The molecular formula is C13H21FN4O2. The van der Waals surface area contributed by atoms with Crippen LogP contribution in [0.3, 0.4) is 0 Å². The number of hydrogen-bond acceptors (Lipinski definition) is 6. The minimum atomic E-state index is -0.569. The zero-order chi connectivity index (χ0) is 14.4. The van der Waals surface area contributed by atoms with Gasteiger partial charge in [0.1, 0.15) is 0 Å². The summed E-state index contributed by atoms with van der Waals surface area (Å²) in [6, 6.07) is 0. The molecule has 1 aliphatic heterocycles. The Morgan fingerprint density at radius 3 is 3.20 bits per heavy atom. The number of nitrogens with one attached hydrogen (secondary N) is 1. The molecule has 0 amide bonds. The fourth-order valence-corrected chi connectivity index (χ4v) is 2.32. The van der Waals surface area contributed by atoms with Crippen molar-refractivity contribution in [2.75, 3.05) is 38.6 Å². The number of hydrogen-bond donors (Lipinski definition) is 2. The number of methoxy groups -OCH3 is 1. The second-order valence-corrected chi connectivity index (χ2v) is 4.93. The summed E-state index contributed by atoms with van der Waals surface area (Å²) in [7, 11) is 1.37. The van der Waals surface area contributed by atoms with E-state index in [1.807, 2.05) is 0 Å². The molecule has 0 bridgehead atoms. The summed E-state index contributed by atoms with van der Waals surface area (Å²) in [5.41, 5.74) is 0. The van der Waals surface area contributed by atoms with Crippen LogP contribution in [0.1, 0.15) is 19.3 Å². The van der Waals surface area contributed by atoms with Crippen LogP contribution < -0.4 is 10.1 Å². The lowest BCUT2D eigenvalue weighted by Gasteiger charge is -2.29. The van der Waals surface area contributed by atoms with Crippen molar-refractivity contribution in [1.82, 2.24) is 14.9 Å². The van der Waals surface area contributed by atoms with Gasteiger partial charge in [0, 0.05) is 13.1 Å². The van der Waals surface area contributed by atoms with Gasteiger partial charge in [-0.25, -0.2) is 4.98 Å². The van der Waals surface area contributed by atoms with Crippen LogP contribution in [-0.4, -0.2) is 59.4 Å². The van der Waals surface area contributed by atoms with Crippen LogP contribution in [0.2, 0.25) is 0 Å². The molecule has 1 fully saturated rings. The van der Waals surface area contributed by atoms with Gasteiger partial charge in [-0.05, 0) is 32.4 Å². The van der Waals surface area contributed by atoms with Gasteiger partial charge in [-0.2, -0.15) is 9.37 Å². The minimum absolute atomic E-state index is 0.0540. The first-order chi connectivity index (χ1) is 9.69. The van der Waals surface area contributed by atoms with E-state index >= 15 is 0 Å². The van der Waals surface area contributed by atoms with E-state index in [2.05, 4.69) is 20.2 Å². The van der Waals surface area contributed by atoms with E-state index in [9.17, 15) is 9.50 Å². The lowest BCUT2D eigenvalue weighted by molar-refractivity contribution is 0.0706. The zero-order valence-corrected chi connectivity index (χ0v) is 11.7. The number of aliphatic hydroxyl groups is 1. The molecule has 1 aromatic rings. The van der Waals surface area contributed by atoms with Gasteiger partial charge < -0.3 is 20.1 Å². The third-order valence-corrected chi connectivity index (χ3v) is 3.32. The molecule has 7 heteroatoms. The molecular weight excluding hydrogens is 263 g/mol. The number of likely N-dealkylation sites (tertiary alicyclic amines) is 1. The van der Waals surface area contributed by atoms with E-state index in [1.165, 1.54) is 7.11 Å². The average molecular weight is 284 g/mol. The van der Waals surface area contributed by atoms with Gasteiger partial charge in [0.15, 0.2) is 0 Å². The highest BCUT2D eigenvalue weighted by molar-refractivity contribution is 5.28. The first kappa shape index (κ1) is 14.9. The monoisotopic (exact) mass is 284 g/mol. The van der Waals surface area contributed by atoms with Crippen molar-refractivity contribution >= 4 is 5.95 Å². The maximum absolute atomic E-state index is 13.1. The van der Waals surface area contributed by atoms with E-state index in [0.29, 0.717) is 12.5 Å². The molecule has 1 saturated heterocycles. The van der Waals surface area contributed by atoms with Crippen LogP contribution >= 0.6 is 0 Å². The number of rotatable bonds is 6. The van der Waals surface area contributed by atoms with Crippen LogP contribution in [0.4, 0.5) is 10.3 Å². The summed E-state index contributed by atoms with van der Waals surface area (Å²) in [5, 5.41) is 12.6. The first-order valence-corrected chi connectivity index (χ1v) is 6.90. The van der Waals surface area contributed by atoms with Gasteiger partial charge in [-0.1, -0.05) is 0 Å². The van der Waals surface area contributed by atoms with Crippen molar-refractivity contribution in [1.29, 1.82) is 0 Å². The summed E-state index contributed by atoms with van der Waals surface area (Å²) in [6.07, 6.45) is 3.76. The molecule has 0 unspecified atom stereocenters. The van der Waals surface area contributed by atoms with Gasteiger partial charge in [0.2, 0.25) is 11.8 Å². The highest BCUT2D eigenvalue weighted by Crippen LogP contribution is 2.13. The van der Waals surface area contributed by atoms with Crippen molar-refractivity contribution in [2.45, 2.75) is 25.4 Å². The first-order valence-electron chi connectivity index (χ1n) is 6.90.